The summed E-state index contributed by atoms with van der Waals surface area (Å²) in [5.74, 6) is 0.751. The van der Waals surface area contributed by atoms with Crippen LogP contribution in [0.4, 0.5) is 0 Å². The van der Waals surface area contributed by atoms with Gasteiger partial charge in [-0.3, -0.25) is 4.79 Å². The number of carbonyl (C=O) groups excluding carboxylic acids is 1. The van der Waals surface area contributed by atoms with E-state index in [1.807, 2.05) is 6.92 Å². The van der Waals surface area contributed by atoms with Crippen molar-refractivity contribution >= 4 is 5.91 Å². The summed E-state index contributed by atoms with van der Waals surface area (Å²) in [5, 5.41) is 6.26. The standard InChI is InChI=1S/C15H33N3O/c1-6-18(7-2)12-8-10-16-14(5)15(19)17-11-9-13(3)4/h13-14,16H,6-12H2,1-5H3,(H,17,19). The molecule has 4 heteroatoms. The van der Waals surface area contributed by atoms with E-state index >= 15 is 0 Å². The molecule has 0 aliphatic rings. The smallest absolute Gasteiger partial charge is 0.236 e. The van der Waals surface area contributed by atoms with Crippen LogP contribution < -0.4 is 10.6 Å². The first-order chi connectivity index (χ1) is 9.01. The maximum atomic E-state index is 11.8. The monoisotopic (exact) mass is 271 g/mol. The van der Waals surface area contributed by atoms with Crippen LogP contribution in [0.3, 0.4) is 0 Å². The van der Waals surface area contributed by atoms with Gasteiger partial charge in [0.1, 0.15) is 0 Å². The highest BCUT2D eigenvalue weighted by Crippen LogP contribution is 1.96. The average molecular weight is 271 g/mol. The van der Waals surface area contributed by atoms with Crippen molar-refractivity contribution in [3.8, 4) is 0 Å². The zero-order valence-electron chi connectivity index (χ0n) is 13.5. The van der Waals surface area contributed by atoms with Gasteiger partial charge in [0.25, 0.3) is 0 Å². The van der Waals surface area contributed by atoms with Gasteiger partial charge in [0.05, 0.1) is 6.04 Å². The highest BCUT2D eigenvalue weighted by molar-refractivity contribution is 5.81. The zero-order chi connectivity index (χ0) is 14.7. The third-order valence-corrected chi connectivity index (χ3v) is 3.41. The maximum absolute atomic E-state index is 11.8. The molecule has 0 rings (SSSR count). The van der Waals surface area contributed by atoms with Crippen LogP contribution in [-0.2, 0) is 4.79 Å². The molecule has 1 unspecified atom stereocenters. The second-order valence-electron chi connectivity index (χ2n) is 5.53. The van der Waals surface area contributed by atoms with Gasteiger partial charge in [-0.15, -0.1) is 0 Å². The Balaban J connectivity index is 3.61. The summed E-state index contributed by atoms with van der Waals surface area (Å²) in [6, 6.07) is -0.0936. The minimum absolute atomic E-state index is 0.0936. The Morgan fingerprint density at radius 1 is 1.11 bits per heavy atom. The molecule has 19 heavy (non-hydrogen) atoms. The Morgan fingerprint density at radius 2 is 1.74 bits per heavy atom. The second kappa shape index (κ2) is 11.2. The second-order valence-corrected chi connectivity index (χ2v) is 5.53. The molecule has 0 saturated carbocycles. The minimum Gasteiger partial charge on any atom is -0.355 e. The van der Waals surface area contributed by atoms with Gasteiger partial charge in [-0.05, 0) is 51.9 Å². The summed E-state index contributed by atoms with van der Waals surface area (Å²) in [7, 11) is 0. The molecule has 2 N–H and O–H groups in total. The summed E-state index contributed by atoms with van der Waals surface area (Å²) in [4.78, 5) is 14.2. The summed E-state index contributed by atoms with van der Waals surface area (Å²) in [6.45, 7) is 15.6. The molecule has 0 aliphatic heterocycles. The van der Waals surface area contributed by atoms with Crippen molar-refractivity contribution in [1.82, 2.24) is 15.5 Å². The molecule has 0 bridgehead atoms. The van der Waals surface area contributed by atoms with E-state index in [1.165, 1.54) is 0 Å². The fraction of sp³-hybridized carbons (Fsp3) is 0.933. The van der Waals surface area contributed by atoms with Crippen LogP contribution in [0, 0.1) is 5.92 Å². The Hall–Kier alpha value is -0.610. The molecule has 0 aromatic heterocycles. The zero-order valence-corrected chi connectivity index (χ0v) is 13.5. The van der Waals surface area contributed by atoms with Gasteiger partial charge in [-0.1, -0.05) is 27.7 Å². The molecule has 1 atom stereocenters. The largest absolute Gasteiger partial charge is 0.355 e. The van der Waals surface area contributed by atoms with Crippen LogP contribution in [0.2, 0.25) is 0 Å². The van der Waals surface area contributed by atoms with Gasteiger partial charge < -0.3 is 15.5 Å². The normalized spacial score (nSPS) is 13.0. The molecule has 1 amide bonds. The molecule has 0 heterocycles. The van der Waals surface area contributed by atoms with Crippen LogP contribution in [-0.4, -0.2) is 49.6 Å². The van der Waals surface area contributed by atoms with E-state index in [0.717, 1.165) is 45.6 Å². The van der Waals surface area contributed by atoms with Crippen molar-refractivity contribution in [2.24, 2.45) is 5.92 Å². The van der Waals surface area contributed by atoms with Gasteiger partial charge in [-0.25, -0.2) is 0 Å². The summed E-state index contributed by atoms with van der Waals surface area (Å²) < 4.78 is 0. The van der Waals surface area contributed by atoms with E-state index in [9.17, 15) is 4.79 Å². The quantitative estimate of drug-likeness (QED) is 0.564. The molecule has 0 spiro atoms. The van der Waals surface area contributed by atoms with Crippen molar-refractivity contribution in [2.75, 3.05) is 32.7 Å². The average Bonchev–Trinajstić information content (AvgIpc) is 2.38. The number of nitrogens with zero attached hydrogens (tertiary/aromatic N) is 1. The first-order valence-electron chi connectivity index (χ1n) is 7.74. The molecule has 0 radical (unpaired) electrons. The molecule has 0 aromatic rings. The highest BCUT2D eigenvalue weighted by atomic mass is 16.2. The predicted molar refractivity (Wildman–Crippen MR) is 82.3 cm³/mol. The highest BCUT2D eigenvalue weighted by Gasteiger charge is 2.11. The number of amides is 1. The lowest BCUT2D eigenvalue weighted by atomic mass is 10.1. The van der Waals surface area contributed by atoms with E-state index in [2.05, 4.69) is 43.2 Å². The summed E-state index contributed by atoms with van der Waals surface area (Å²) in [6.07, 6.45) is 2.13. The van der Waals surface area contributed by atoms with Crippen molar-refractivity contribution in [3.63, 3.8) is 0 Å². The minimum atomic E-state index is -0.0936. The Labute approximate surface area is 119 Å². The van der Waals surface area contributed by atoms with Crippen molar-refractivity contribution in [3.05, 3.63) is 0 Å². The van der Waals surface area contributed by atoms with E-state index in [-0.39, 0.29) is 11.9 Å². The van der Waals surface area contributed by atoms with Crippen LogP contribution >= 0.6 is 0 Å². The molecule has 0 fully saturated rings. The van der Waals surface area contributed by atoms with Gasteiger partial charge in [0.15, 0.2) is 0 Å². The van der Waals surface area contributed by atoms with Crippen molar-refractivity contribution < 1.29 is 4.79 Å². The lowest BCUT2D eigenvalue weighted by Gasteiger charge is -2.19. The molecule has 0 saturated heterocycles. The fourth-order valence-electron chi connectivity index (χ4n) is 1.89. The SMILES string of the molecule is CCN(CC)CCCNC(C)C(=O)NCCC(C)C. The molecule has 4 nitrogen and oxygen atoms in total. The molecule has 114 valence electrons. The lowest BCUT2D eigenvalue weighted by Crippen LogP contribution is -2.43. The van der Waals surface area contributed by atoms with E-state index in [1.54, 1.807) is 0 Å². The number of hydrogen-bond acceptors (Lipinski definition) is 3. The van der Waals surface area contributed by atoms with Crippen LogP contribution in [0.1, 0.15) is 47.5 Å². The van der Waals surface area contributed by atoms with E-state index < -0.39 is 0 Å². The third-order valence-electron chi connectivity index (χ3n) is 3.41. The number of rotatable bonds is 11. The molecular weight excluding hydrogens is 238 g/mol. The van der Waals surface area contributed by atoms with Gasteiger partial charge in [0.2, 0.25) is 5.91 Å². The predicted octanol–water partition coefficient (Wildman–Crippen LogP) is 1.86. The number of hydrogen-bond donors (Lipinski definition) is 2. The van der Waals surface area contributed by atoms with Gasteiger partial charge >= 0.3 is 0 Å². The Bertz CT molecular complexity index is 227. The molecule has 0 aliphatic carbocycles. The Kier molecular flexibility index (Phi) is 10.9. The maximum Gasteiger partial charge on any atom is 0.236 e. The summed E-state index contributed by atoms with van der Waals surface area (Å²) in [5.41, 5.74) is 0. The lowest BCUT2D eigenvalue weighted by molar-refractivity contribution is -0.122. The van der Waals surface area contributed by atoms with Crippen molar-refractivity contribution in [1.29, 1.82) is 0 Å². The Morgan fingerprint density at radius 3 is 2.26 bits per heavy atom. The first kappa shape index (κ1) is 18.4. The summed E-state index contributed by atoms with van der Waals surface area (Å²) >= 11 is 0. The van der Waals surface area contributed by atoms with Gasteiger partial charge in [0, 0.05) is 6.54 Å². The third kappa shape index (κ3) is 9.91. The fourth-order valence-corrected chi connectivity index (χ4v) is 1.89. The topological polar surface area (TPSA) is 44.4 Å². The van der Waals surface area contributed by atoms with Gasteiger partial charge in [-0.2, -0.15) is 0 Å². The van der Waals surface area contributed by atoms with E-state index in [0.29, 0.717) is 5.92 Å². The van der Waals surface area contributed by atoms with Crippen molar-refractivity contribution in [2.45, 2.75) is 53.5 Å². The number of carbonyl (C=O) groups is 1. The van der Waals surface area contributed by atoms with Crippen LogP contribution in [0.5, 0.6) is 0 Å². The van der Waals surface area contributed by atoms with Crippen LogP contribution in [0.15, 0.2) is 0 Å². The molecule has 0 aromatic carbocycles. The van der Waals surface area contributed by atoms with Crippen LogP contribution in [0.25, 0.3) is 0 Å². The first-order valence-corrected chi connectivity index (χ1v) is 7.74. The number of nitrogens with one attached hydrogen (secondary N) is 2. The van der Waals surface area contributed by atoms with E-state index in [4.69, 9.17) is 0 Å². The molecular formula is C15H33N3O.